The Morgan fingerprint density at radius 1 is 1.32 bits per heavy atom. The van der Waals surface area contributed by atoms with Gasteiger partial charge in [0.15, 0.2) is 5.13 Å². The van der Waals surface area contributed by atoms with Gasteiger partial charge in [-0.15, -0.1) is 0 Å². The molecular formula is C15H10F3N5OS. The minimum Gasteiger partial charge on any atom is -0.351 e. The number of anilines is 1. The van der Waals surface area contributed by atoms with Crippen molar-refractivity contribution in [1.29, 1.82) is 0 Å². The molecule has 0 radical (unpaired) electrons. The van der Waals surface area contributed by atoms with E-state index in [1.807, 2.05) is 0 Å². The van der Waals surface area contributed by atoms with E-state index < -0.39 is 17.8 Å². The number of primary amides is 1. The number of urea groups is 1. The largest absolute Gasteiger partial charge is 0.418 e. The summed E-state index contributed by atoms with van der Waals surface area (Å²) in [7, 11) is 0. The number of fused-ring (bicyclic) bond motifs is 3. The van der Waals surface area contributed by atoms with E-state index >= 15 is 0 Å². The van der Waals surface area contributed by atoms with Gasteiger partial charge in [0.2, 0.25) is 0 Å². The third-order valence-corrected chi connectivity index (χ3v) is 4.80. The molecule has 25 heavy (non-hydrogen) atoms. The number of hydrogen-bond donors (Lipinski definition) is 2. The van der Waals surface area contributed by atoms with Crippen molar-refractivity contribution in [2.45, 2.75) is 12.6 Å². The van der Waals surface area contributed by atoms with Gasteiger partial charge in [0.05, 0.1) is 33.7 Å². The molecule has 4 rings (SSSR count). The van der Waals surface area contributed by atoms with Gasteiger partial charge in [0, 0.05) is 12.0 Å². The molecule has 2 amide bonds. The van der Waals surface area contributed by atoms with Crippen LogP contribution < -0.4 is 11.1 Å². The van der Waals surface area contributed by atoms with Crippen molar-refractivity contribution >= 4 is 22.5 Å². The van der Waals surface area contributed by atoms with Crippen molar-refractivity contribution in [3.05, 3.63) is 47.3 Å². The second kappa shape index (κ2) is 5.31. The fraction of sp³-hybridized carbons (Fsp3) is 0.133. The molecular weight excluding hydrogens is 355 g/mol. The van der Waals surface area contributed by atoms with Crippen LogP contribution in [0.2, 0.25) is 0 Å². The summed E-state index contributed by atoms with van der Waals surface area (Å²) >= 11 is 1.15. The smallest absolute Gasteiger partial charge is 0.351 e. The van der Waals surface area contributed by atoms with Crippen LogP contribution in [0.1, 0.15) is 16.8 Å². The number of hydrogen-bond acceptors (Lipinski definition) is 4. The quantitative estimate of drug-likeness (QED) is 0.571. The first-order chi connectivity index (χ1) is 11.8. The van der Waals surface area contributed by atoms with Crippen LogP contribution in [0.15, 0.2) is 30.5 Å². The first kappa shape index (κ1) is 15.6. The SMILES string of the molecule is NC(=O)Nc1nc2c(s1)-c1c(cnn1-c1ccccc1C(F)(F)F)C2. The lowest BCUT2D eigenvalue weighted by Crippen LogP contribution is -2.19. The van der Waals surface area contributed by atoms with E-state index in [1.165, 1.54) is 29.1 Å². The lowest BCUT2D eigenvalue weighted by atomic mass is 10.1. The van der Waals surface area contributed by atoms with Crippen LogP contribution in [-0.2, 0) is 12.6 Å². The molecule has 1 aliphatic rings. The average molecular weight is 365 g/mol. The zero-order valence-electron chi connectivity index (χ0n) is 12.5. The zero-order chi connectivity index (χ0) is 17.8. The molecule has 3 aromatic rings. The standard InChI is InChI=1S/C15H10F3N5OS/c16-15(17,18)8-3-1-2-4-10(8)23-11-7(6-20-23)5-9-12(11)25-14(21-9)22-13(19)24/h1-4,6H,5H2,(H3,19,21,22,24). The number of aromatic nitrogens is 3. The van der Waals surface area contributed by atoms with E-state index in [1.54, 1.807) is 0 Å². The van der Waals surface area contributed by atoms with Crippen LogP contribution in [0.5, 0.6) is 0 Å². The molecule has 0 bridgehead atoms. The van der Waals surface area contributed by atoms with Crippen molar-refractivity contribution in [2.75, 3.05) is 5.32 Å². The molecule has 0 saturated heterocycles. The minimum atomic E-state index is -4.50. The first-order valence-electron chi connectivity index (χ1n) is 7.14. The predicted octanol–water partition coefficient (Wildman–Crippen LogP) is 3.41. The number of carbonyl (C=O) groups excluding carboxylic acids is 1. The zero-order valence-corrected chi connectivity index (χ0v) is 13.3. The van der Waals surface area contributed by atoms with Gasteiger partial charge in [-0.2, -0.15) is 18.3 Å². The number of carbonyl (C=O) groups is 1. The molecule has 0 spiro atoms. The summed E-state index contributed by atoms with van der Waals surface area (Å²) in [6.07, 6.45) is -2.52. The van der Waals surface area contributed by atoms with Gasteiger partial charge in [-0.05, 0) is 12.1 Å². The lowest BCUT2D eigenvalue weighted by molar-refractivity contribution is -0.137. The van der Waals surface area contributed by atoms with Gasteiger partial charge < -0.3 is 5.73 Å². The van der Waals surface area contributed by atoms with Crippen LogP contribution in [0.3, 0.4) is 0 Å². The minimum absolute atomic E-state index is 0.0538. The van der Waals surface area contributed by atoms with E-state index in [0.717, 1.165) is 23.0 Å². The summed E-state index contributed by atoms with van der Waals surface area (Å²) in [5, 5.41) is 6.83. The molecule has 10 heteroatoms. The summed E-state index contributed by atoms with van der Waals surface area (Å²) in [4.78, 5) is 15.9. The van der Waals surface area contributed by atoms with Crippen LogP contribution >= 0.6 is 11.3 Å². The number of halogens is 3. The summed E-state index contributed by atoms with van der Waals surface area (Å²) in [5.74, 6) is 0. The Kier molecular flexibility index (Phi) is 3.32. The second-order valence-electron chi connectivity index (χ2n) is 5.41. The molecule has 2 aromatic heterocycles. The normalized spacial score (nSPS) is 12.8. The van der Waals surface area contributed by atoms with E-state index in [-0.39, 0.29) is 5.69 Å². The number of nitrogens with two attached hydrogens (primary N) is 1. The maximum absolute atomic E-state index is 13.3. The number of rotatable bonds is 2. The fourth-order valence-electron chi connectivity index (χ4n) is 2.83. The highest BCUT2D eigenvalue weighted by molar-refractivity contribution is 7.19. The van der Waals surface area contributed by atoms with Gasteiger partial charge in [-0.3, -0.25) is 5.32 Å². The number of amides is 2. The summed E-state index contributed by atoms with van der Waals surface area (Å²) in [6, 6.07) is 4.51. The molecule has 0 unspecified atom stereocenters. The highest BCUT2D eigenvalue weighted by atomic mass is 32.1. The van der Waals surface area contributed by atoms with Crippen LogP contribution in [0.25, 0.3) is 16.3 Å². The number of alkyl halides is 3. The van der Waals surface area contributed by atoms with Gasteiger partial charge in [-0.25, -0.2) is 14.5 Å². The van der Waals surface area contributed by atoms with Crippen molar-refractivity contribution in [3.63, 3.8) is 0 Å². The molecule has 1 aliphatic carbocycles. The number of nitrogens with one attached hydrogen (secondary N) is 1. The Morgan fingerprint density at radius 3 is 2.80 bits per heavy atom. The third-order valence-electron chi connectivity index (χ3n) is 3.78. The van der Waals surface area contributed by atoms with Gasteiger partial charge in [-0.1, -0.05) is 23.5 Å². The van der Waals surface area contributed by atoms with Gasteiger partial charge in [0.25, 0.3) is 0 Å². The highest BCUT2D eigenvalue weighted by Crippen LogP contribution is 2.44. The summed E-state index contributed by atoms with van der Waals surface area (Å²) in [5.41, 5.74) is 6.28. The Balaban J connectivity index is 1.85. The van der Waals surface area contributed by atoms with Crippen molar-refractivity contribution in [3.8, 4) is 16.3 Å². The molecule has 2 heterocycles. The van der Waals surface area contributed by atoms with E-state index in [0.29, 0.717) is 27.8 Å². The Bertz CT molecular complexity index is 991. The second-order valence-corrected chi connectivity index (χ2v) is 6.41. The molecule has 0 fully saturated rings. The molecule has 0 saturated carbocycles. The molecule has 0 aliphatic heterocycles. The van der Waals surface area contributed by atoms with E-state index in [4.69, 9.17) is 5.73 Å². The lowest BCUT2D eigenvalue weighted by Gasteiger charge is -2.14. The molecule has 6 nitrogen and oxygen atoms in total. The predicted molar refractivity (Wildman–Crippen MR) is 85.7 cm³/mol. The maximum atomic E-state index is 13.3. The highest BCUT2D eigenvalue weighted by Gasteiger charge is 2.36. The Labute approximate surface area is 143 Å². The first-order valence-corrected chi connectivity index (χ1v) is 7.96. The number of benzene rings is 1. The van der Waals surface area contributed by atoms with Crippen LogP contribution in [-0.4, -0.2) is 20.8 Å². The van der Waals surface area contributed by atoms with Crippen LogP contribution in [0, 0.1) is 0 Å². The monoisotopic (exact) mass is 365 g/mol. The maximum Gasteiger partial charge on any atom is 0.418 e. The third kappa shape index (κ3) is 2.54. The molecule has 0 atom stereocenters. The summed E-state index contributed by atoms with van der Waals surface area (Å²) in [6.45, 7) is 0. The number of para-hydroxylation sites is 1. The van der Waals surface area contributed by atoms with Gasteiger partial charge >= 0.3 is 12.2 Å². The topological polar surface area (TPSA) is 85.8 Å². The Morgan fingerprint density at radius 2 is 2.08 bits per heavy atom. The molecule has 128 valence electrons. The summed E-state index contributed by atoms with van der Waals surface area (Å²) < 4.78 is 41.2. The van der Waals surface area contributed by atoms with E-state index in [2.05, 4.69) is 15.4 Å². The number of thiazole rings is 1. The van der Waals surface area contributed by atoms with Crippen LogP contribution in [0.4, 0.5) is 23.1 Å². The Hall–Kier alpha value is -2.88. The number of nitrogens with zero attached hydrogens (tertiary/aromatic N) is 3. The molecule has 1 aromatic carbocycles. The molecule has 3 N–H and O–H groups in total. The fourth-order valence-corrected chi connectivity index (χ4v) is 3.88. The van der Waals surface area contributed by atoms with E-state index in [9.17, 15) is 18.0 Å². The van der Waals surface area contributed by atoms with Crippen molar-refractivity contribution < 1.29 is 18.0 Å². The van der Waals surface area contributed by atoms with Crippen molar-refractivity contribution in [2.24, 2.45) is 5.73 Å². The van der Waals surface area contributed by atoms with Gasteiger partial charge in [0.1, 0.15) is 0 Å². The van der Waals surface area contributed by atoms with Crippen molar-refractivity contribution in [1.82, 2.24) is 14.8 Å². The average Bonchev–Trinajstić information content (AvgIpc) is 3.16.